The maximum atomic E-state index is 13.2. The Kier molecular flexibility index (Phi) is 5.53. The summed E-state index contributed by atoms with van der Waals surface area (Å²) in [7, 11) is 0. The first-order valence-electron chi connectivity index (χ1n) is 9.28. The Morgan fingerprint density at radius 3 is 2.68 bits per heavy atom. The lowest BCUT2D eigenvalue weighted by molar-refractivity contribution is -0.138. The molecule has 3 aromatic rings. The van der Waals surface area contributed by atoms with Crippen molar-refractivity contribution in [3.05, 3.63) is 70.1 Å². The van der Waals surface area contributed by atoms with Gasteiger partial charge < -0.3 is 9.47 Å². The zero-order chi connectivity index (χ0) is 22.2. The van der Waals surface area contributed by atoms with Gasteiger partial charge in [-0.2, -0.15) is 13.2 Å². The maximum Gasteiger partial charge on any atom is 0.417 e. The monoisotopic (exact) mass is 449 g/mol. The highest BCUT2D eigenvalue weighted by Crippen LogP contribution is 2.47. The number of aryl methyl sites for hydroxylation is 1. The topological polar surface area (TPSA) is 74.2 Å². The minimum Gasteiger partial charge on any atom is -0.434 e. The molecule has 0 aliphatic heterocycles. The van der Waals surface area contributed by atoms with Gasteiger partial charge in [-0.05, 0) is 42.9 Å². The summed E-state index contributed by atoms with van der Waals surface area (Å²) >= 11 is 5.86. The van der Waals surface area contributed by atoms with Crippen molar-refractivity contribution in [2.75, 3.05) is 0 Å². The number of rotatable bonds is 5. The van der Waals surface area contributed by atoms with E-state index in [4.69, 9.17) is 21.1 Å². The summed E-state index contributed by atoms with van der Waals surface area (Å²) in [5.41, 5.74) is -0.118. The summed E-state index contributed by atoms with van der Waals surface area (Å²) in [6.07, 6.45) is -0.986. The number of alkyl halides is 3. The molecule has 2 aromatic heterocycles. The Morgan fingerprint density at radius 1 is 1.19 bits per heavy atom. The summed E-state index contributed by atoms with van der Waals surface area (Å²) in [5, 5.41) is 7.41. The lowest BCUT2D eigenvalue weighted by Crippen LogP contribution is -2.17. The quantitative estimate of drug-likeness (QED) is 0.462. The van der Waals surface area contributed by atoms with Gasteiger partial charge in [-0.15, -0.1) is 10.2 Å². The third-order valence-corrected chi connectivity index (χ3v) is 4.89. The molecule has 1 saturated carbocycles. The molecule has 6 nitrogen and oxygen atoms in total. The molecule has 160 valence electrons. The van der Waals surface area contributed by atoms with E-state index in [0.717, 1.165) is 42.4 Å². The van der Waals surface area contributed by atoms with Gasteiger partial charge in [0.25, 0.3) is 5.88 Å². The number of esters is 1. The van der Waals surface area contributed by atoms with Gasteiger partial charge in [-0.3, -0.25) is 4.98 Å². The third-order valence-electron chi connectivity index (χ3n) is 4.70. The Morgan fingerprint density at radius 2 is 1.97 bits per heavy atom. The van der Waals surface area contributed by atoms with Crippen LogP contribution in [0.15, 0.2) is 42.7 Å². The Hall–Kier alpha value is -3.20. The first kappa shape index (κ1) is 21.0. The number of benzene rings is 1. The summed E-state index contributed by atoms with van der Waals surface area (Å²) in [6, 6.07) is 7.54. The lowest BCUT2D eigenvalue weighted by Gasteiger charge is -2.15. The normalized spacial score (nSPS) is 13.7. The predicted molar refractivity (Wildman–Crippen MR) is 104 cm³/mol. The summed E-state index contributed by atoms with van der Waals surface area (Å²) in [5.74, 6) is -0.831. The fraction of sp³-hybridized carbons (Fsp3) is 0.238. The number of hydrogen-bond donors (Lipinski definition) is 0. The molecule has 1 aliphatic carbocycles. The smallest absolute Gasteiger partial charge is 0.417 e. The minimum atomic E-state index is -4.76. The van der Waals surface area contributed by atoms with Gasteiger partial charge in [0, 0.05) is 18.5 Å². The van der Waals surface area contributed by atoms with Crippen LogP contribution >= 0.6 is 11.6 Å². The highest BCUT2D eigenvalue weighted by molar-refractivity contribution is 6.29. The number of carbonyl (C=O) groups is 1. The van der Waals surface area contributed by atoms with Crippen LogP contribution in [0.3, 0.4) is 0 Å². The van der Waals surface area contributed by atoms with E-state index >= 15 is 0 Å². The Bertz CT molecular complexity index is 1150. The van der Waals surface area contributed by atoms with Crippen molar-refractivity contribution >= 4 is 17.6 Å². The van der Waals surface area contributed by atoms with E-state index in [1.54, 1.807) is 0 Å². The summed E-state index contributed by atoms with van der Waals surface area (Å²) in [6.45, 7) is 1.85. The predicted octanol–water partition coefficient (Wildman–Crippen LogP) is 5.74. The van der Waals surface area contributed by atoms with E-state index in [9.17, 15) is 18.0 Å². The van der Waals surface area contributed by atoms with E-state index in [1.165, 1.54) is 0 Å². The fourth-order valence-electron chi connectivity index (χ4n) is 3.07. The molecule has 0 atom stereocenters. The second-order valence-electron chi connectivity index (χ2n) is 7.01. The first-order valence-corrected chi connectivity index (χ1v) is 9.66. The molecule has 0 saturated heterocycles. The number of para-hydroxylation sites is 1. The molecule has 0 bridgehead atoms. The first-order chi connectivity index (χ1) is 14.7. The zero-order valence-corrected chi connectivity index (χ0v) is 16.9. The van der Waals surface area contributed by atoms with Crippen molar-refractivity contribution in [3.63, 3.8) is 0 Å². The molecule has 0 spiro atoms. The van der Waals surface area contributed by atoms with Gasteiger partial charge in [0.2, 0.25) is 0 Å². The SMILES string of the molecule is Cc1cccc(C2CC2)c1Oc1nnc(Cl)cc1OC(=O)c1cnccc1C(F)(F)F. The Balaban J connectivity index is 1.68. The van der Waals surface area contributed by atoms with Crippen LogP contribution in [-0.2, 0) is 6.18 Å². The molecule has 0 radical (unpaired) electrons. The second kappa shape index (κ2) is 8.14. The highest BCUT2D eigenvalue weighted by Gasteiger charge is 2.36. The van der Waals surface area contributed by atoms with Gasteiger partial charge in [0.05, 0.1) is 11.1 Å². The fourth-order valence-corrected chi connectivity index (χ4v) is 3.21. The van der Waals surface area contributed by atoms with Gasteiger partial charge in [-0.25, -0.2) is 4.79 Å². The zero-order valence-electron chi connectivity index (χ0n) is 16.1. The lowest BCUT2D eigenvalue weighted by atomic mass is 10.1. The van der Waals surface area contributed by atoms with Crippen LogP contribution < -0.4 is 9.47 Å². The highest BCUT2D eigenvalue weighted by atomic mass is 35.5. The molecule has 1 aliphatic rings. The molecule has 31 heavy (non-hydrogen) atoms. The maximum absolute atomic E-state index is 13.2. The van der Waals surface area contributed by atoms with Crippen molar-refractivity contribution in [2.45, 2.75) is 31.9 Å². The molecule has 2 heterocycles. The summed E-state index contributed by atoms with van der Waals surface area (Å²) in [4.78, 5) is 16.1. The van der Waals surface area contributed by atoms with Crippen molar-refractivity contribution in [3.8, 4) is 17.4 Å². The van der Waals surface area contributed by atoms with Gasteiger partial charge in [-0.1, -0.05) is 29.8 Å². The van der Waals surface area contributed by atoms with Gasteiger partial charge in [0.1, 0.15) is 5.75 Å². The average Bonchev–Trinajstić information content (AvgIpc) is 3.56. The van der Waals surface area contributed by atoms with Crippen molar-refractivity contribution in [2.24, 2.45) is 0 Å². The number of aromatic nitrogens is 3. The van der Waals surface area contributed by atoms with Crippen LogP contribution in [0.2, 0.25) is 5.15 Å². The third kappa shape index (κ3) is 4.61. The molecule has 0 amide bonds. The van der Waals surface area contributed by atoms with E-state index in [2.05, 4.69) is 15.2 Å². The number of hydrogen-bond acceptors (Lipinski definition) is 6. The molecule has 1 aromatic carbocycles. The van der Waals surface area contributed by atoms with Crippen molar-refractivity contribution < 1.29 is 27.4 Å². The second-order valence-corrected chi connectivity index (χ2v) is 7.40. The molecule has 10 heteroatoms. The van der Waals surface area contributed by atoms with Crippen LogP contribution in [0.25, 0.3) is 0 Å². The largest absolute Gasteiger partial charge is 0.434 e. The van der Waals surface area contributed by atoms with Crippen LogP contribution in [0.5, 0.6) is 17.4 Å². The van der Waals surface area contributed by atoms with Crippen LogP contribution in [0, 0.1) is 6.92 Å². The molecule has 1 fully saturated rings. The average molecular weight is 450 g/mol. The van der Waals surface area contributed by atoms with Gasteiger partial charge in [0.15, 0.2) is 10.9 Å². The Labute approximate surface area is 180 Å². The van der Waals surface area contributed by atoms with Crippen LogP contribution in [-0.4, -0.2) is 21.2 Å². The van der Waals surface area contributed by atoms with E-state index < -0.39 is 23.3 Å². The molecule has 0 N–H and O–H groups in total. The number of ether oxygens (including phenoxy) is 2. The molecular formula is C21H15ClF3N3O3. The van der Waals surface area contributed by atoms with Gasteiger partial charge >= 0.3 is 12.1 Å². The summed E-state index contributed by atoms with van der Waals surface area (Å²) < 4.78 is 50.8. The molecule has 0 unspecified atom stereocenters. The molecule has 4 rings (SSSR count). The van der Waals surface area contributed by atoms with E-state index in [-0.39, 0.29) is 16.8 Å². The standard InChI is InChI=1S/C21H15ClF3N3O3/c1-11-3-2-4-13(12-5-6-12)18(11)31-19-16(9-17(22)27-28-19)30-20(29)14-10-26-8-7-15(14)21(23,24)25/h2-4,7-10,12H,5-6H2,1H3. The van der Waals surface area contributed by atoms with E-state index in [0.29, 0.717) is 17.7 Å². The van der Waals surface area contributed by atoms with E-state index in [1.807, 2.05) is 25.1 Å². The van der Waals surface area contributed by atoms with Crippen molar-refractivity contribution in [1.29, 1.82) is 0 Å². The number of carbonyl (C=O) groups excluding carboxylic acids is 1. The number of nitrogens with zero attached hydrogens (tertiary/aromatic N) is 3. The van der Waals surface area contributed by atoms with Crippen LogP contribution in [0.4, 0.5) is 13.2 Å². The van der Waals surface area contributed by atoms with Crippen molar-refractivity contribution in [1.82, 2.24) is 15.2 Å². The number of halogens is 4. The minimum absolute atomic E-state index is 0.121. The van der Waals surface area contributed by atoms with Crippen LogP contribution in [0.1, 0.15) is 45.8 Å². The number of pyridine rings is 1. The molecular weight excluding hydrogens is 435 g/mol.